The monoisotopic (exact) mass is 427 g/mol. The zero-order valence-electron chi connectivity index (χ0n) is 16.1. The Labute approximate surface area is 181 Å². The molecule has 1 saturated heterocycles. The number of rotatable bonds is 5. The van der Waals surface area contributed by atoms with Gasteiger partial charge in [-0.05, 0) is 67.6 Å². The average molecular weight is 428 g/mol. The molecule has 2 aromatic rings. The van der Waals surface area contributed by atoms with Crippen molar-refractivity contribution in [2.75, 3.05) is 18.4 Å². The topological polar surface area (TPSA) is 56.1 Å². The molecule has 2 aliphatic rings. The van der Waals surface area contributed by atoms with E-state index in [4.69, 9.17) is 23.2 Å². The fraction of sp³-hybridized carbons (Fsp3) is 0.391. The molecule has 1 aliphatic carbocycles. The molecular weight excluding hydrogens is 405 g/mol. The van der Waals surface area contributed by atoms with Crippen molar-refractivity contribution in [2.24, 2.45) is 5.92 Å². The van der Waals surface area contributed by atoms with Crippen LogP contribution in [0.25, 0.3) is 0 Å². The van der Waals surface area contributed by atoms with Gasteiger partial charge in [0, 0.05) is 28.8 Å². The van der Waals surface area contributed by atoms with E-state index in [1.807, 2.05) is 36.4 Å². The van der Waals surface area contributed by atoms with E-state index in [1.54, 1.807) is 6.07 Å². The molecule has 2 aromatic carbocycles. The number of anilines is 1. The summed E-state index contributed by atoms with van der Waals surface area (Å²) in [5.41, 5.74) is 2.56. The van der Waals surface area contributed by atoms with Crippen LogP contribution >= 0.6 is 23.2 Å². The Hall–Kier alpha value is -2.06. The second kappa shape index (κ2) is 8.36. The maximum Gasteiger partial charge on any atom is 0.228 e. The van der Waals surface area contributed by atoms with Crippen LogP contribution in [0.15, 0.2) is 42.5 Å². The summed E-state index contributed by atoms with van der Waals surface area (Å²) in [6.45, 7) is 2.37. The Bertz CT molecular complexity index is 948. The Morgan fingerprint density at radius 3 is 2.62 bits per heavy atom. The first-order valence-electron chi connectivity index (χ1n) is 9.98. The molecule has 1 atom stereocenters. The van der Waals surface area contributed by atoms with Gasteiger partial charge in [0.05, 0.1) is 17.4 Å². The summed E-state index contributed by atoms with van der Waals surface area (Å²) in [7, 11) is 0. The van der Waals surface area contributed by atoms with E-state index in [1.165, 1.54) is 0 Å². The van der Waals surface area contributed by atoms with E-state index in [0.29, 0.717) is 23.1 Å². The first kappa shape index (κ1) is 20.2. The van der Waals surface area contributed by atoms with Crippen molar-refractivity contribution in [3.63, 3.8) is 0 Å². The summed E-state index contributed by atoms with van der Waals surface area (Å²) in [5.74, 6) is -0.00513. The molecule has 0 radical (unpaired) electrons. The third-order valence-corrected chi connectivity index (χ3v) is 6.54. The second-order valence-electron chi connectivity index (χ2n) is 8.07. The average Bonchev–Trinajstić information content (AvgIpc) is 3.52. The third kappa shape index (κ3) is 4.59. The van der Waals surface area contributed by atoms with Gasteiger partial charge in [-0.2, -0.15) is 5.26 Å². The molecule has 0 aromatic heterocycles. The van der Waals surface area contributed by atoms with Crippen LogP contribution in [0.2, 0.25) is 10.0 Å². The van der Waals surface area contributed by atoms with Crippen LogP contribution in [0.1, 0.15) is 36.8 Å². The van der Waals surface area contributed by atoms with Crippen LogP contribution in [-0.2, 0) is 16.8 Å². The number of carbonyl (C=O) groups excluding carboxylic acids is 1. The fourth-order valence-corrected chi connectivity index (χ4v) is 4.48. The van der Waals surface area contributed by atoms with Crippen LogP contribution < -0.4 is 5.32 Å². The number of hydrogen-bond acceptors (Lipinski definition) is 3. The summed E-state index contributed by atoms with van der Waals surface area (Å²) < 4.78 is 0. The second-order valence-corrected chi connectivity index (χ2v) is 8.91. The maximum atomic E-state index is 12.8. The molecule has 2 fully saturated rings. The fourth-order valence-electron chi connectivity index (χ4n) is 4.01. The molecule has 6 heteroatoms. The molecule has 1 amide bonds. The van der Waals surface area contributed by atoms with E-state index >= 15 is 0 Å². The van der Waals surface area contributed by atoms with Crippen LogP contribution in [0.4, 0.5) is 5.69 Å². The van der Waals surface area contributed by atoms with Crippen molar-refractivity contribution >= 4 is 34.8 Å². The van der Waals surface area contributed by atoms with Crippen molar-refractivity contribution in [1.29, 1.82) is 5.26 Å². The van der Waals surface area contributed by atoms with Gasteiger partial charge in [0.15, 0.2) is 0 Å². The van der Waals surface area contributed by atoms with Gasteiger partial charge in [0.25, 0.3) is 0 Å². The minimum Gasteiger partial charge on any atom is -0.326 e. The zero-order chi connectivity index (χ0) is 20.4. The Morgan fingerprint density at radius 1 is 1.21 bits per heavy atom. The summed E-state index contributed by atoms with van der Waals surface area (Å²) in [6.07, 6.45) is 3.70. The first-order chi connectivity index (χ1) is 14.0. The maximum absolute atomic E-state index is 12.8. The first-order valence-corrected chi connectivity index (χ1v) is 10.7. The molecule has 0 unspecified atom stereocenters. The summed E-state index contributed by atoms with van der Waals surface area (Å²) in [4.78, 5) is 15.1. The molecule has 1 heterocycles. The molecule has 1 N–H and O–H groups in total. The number of likely N-dealkylation sites (tertiary alicyclic amines) is 1. The minimum atomic E-state index is -0.296. The normalized spacial score (nSPS) is 20.7. The number of nitriles is 1. The highest BCUT2D eigenvalue weighted by atomic mass is 35.5. The summed E-state index contributed by atoms with van der Waals surface area (Å²) in [5, 5.41) is 13.6. The predicted octanol–water partition coefficient (Wildman–Crippen LogP) is 5.40. The molecule has 4 nitrogen and oxygen atoms in total. The van der Waals surface area contributed by atoms with E-state index in [-0.39, 0.29) is 17.2 Å². The van der Waals surface area contributed by atoms with E-state index < -0.39 is 0 Å². The summed E-state index contributed by atoms with van der Waals surface area (Å²) >= 11 is 12.3. The number of benzene rings is 2. The van der Waals surface area contributed by atoms with Gasteiger partial charge < -0.3 is 5.32 Å². The highest BCUT2D eigenvalue weighted by molar-refractivity contribution is 6.35. The highest BCUT2D eigenvalue weighted by Gasteiger charge is 2.44. The quantitative estimate of drug-likeness (QED) is 0.694. The number of carbonyl (C=O) groups is 1. The van der Waals surface area contributed by atoms with Gasteiger partial charge in [0.2, 0.25) is 5.91 Å². The molecule has 1 aliphatic heterocycles. The van der Waals surface area contributed by atoms with Gasteiger partial charge in [-0.15, -0.1) is 0 Å². The van der Waals surface area contributed by atoms with Crippen molar-refractivity contribution in [3.05, 3.63) is 63.6 Å². The minimum absolute atomic E-state index is 0.0473. The number of nitrogens with one attached hydrogen (secondary N) is 1. The predicted molar refractivity (Wildman–Crippen MR) is 116 cm³/mol. The number of piperidine rings is 1. The number of amides is 1. The molecule has 150 valence electrons. The smallest absolute Gasteiger partial charge is 0.228 e. The highest BCUT2D eigenvalue weighted by Crippen LogP contribution is 2.47. The third-order valence-electron chi connectivity index (χ3n) is 5.95. The van der Waals surface area contributed by atoms with Gasteiger partial charge in [0.1, 0.15) is 0 Å². The van der Waals surface area contributed by atoms with E-state index in [9.17, 15) is 10.1 Å². The Kier molecular flexibility index (Phi) is 5.83. The lowest BCUT2D eigenvalue weighted by Gasteiger charge is -2.32. The number of nitrogens with zero attached hydrogens (tertiary/aromatic N) is 2. The standard InChI is InChI=1S/C23H23Cl2N3O/c24-19-6-3-16(21(25)12-19)13-28-11-1-2-17(14-28)22(29)27-20-7-4-18(5-8-20)23(15-26)9-10-23/h3-8,12,17H,1-2,9-11,13-14H2,(H,27,29)/t17-/m1/s1. The lowest BCUT2D eigenvalue weighted by molar-refractivity contribution is -0.121. The molecule has 4 rings (SSSR count). The van der Waals surface area contributed by atoms with E-state index in [0.717, 1.165) is 49.0 Å². The molecule has 1 saturated carbocycles. The van der Waals surface area contributed by atoms with Crippen LogP contribution in [0.5, 0.6) is 0 Å². The Morgan fingerprint density at radius 2 is 1.97 bits per heavy atom. The largest absolute Gasteiger partial charge is 0.326 e. The van der Waals surface area contributed by atoms with Gasteiger partial charge in [-0.1, -0.05) is 41.4 Å². The molecule has 0 spiro atoms. The van der Waals surface area contributed by atoms with Crippen LogP contribution in [0.3, 0.4) is 0 Å². The molecule has 29 heavy (non-hydrogen) atoms. The Balaban J connectivity index is 1.35. The van der Waals surface area contributed by atoms with Gasteiger partial charge >= 0.3 is 0 Å². The van der Waals surface area contributed by atoms with Crippen LogP contribution in [0, 0.1) is 17.2 Å². The molecular formula is C23H23Cl2N3O. The van der Waals surface area contributed by atoms with Crippen LogP contribution in [-0.4, -0.2) is 23.9 Å². The lowest BCUT2D eigenvalue weighted by Crippen LogP contribution is -2.40. The van der Waals surface area contributed by atoms with E-state index in [2.05, 4.69) is 16.3 Å². The van der Waals surface area contributed by atoms with Crippen molar-refractivity contribution < 1.29 is 4.79 Å². The van der Waals surface area contributed by atoms with Gasteiger partial charge in [-0.25, -0.2) is 0 Å². The van der Waals surface area contributed by atoms with Crippen molar-refractivity contribution in [2.45, 2.75) is 37.6 Å². The number of hydrogen-bond donors (Lipinski definition) is 1. The molecule has 0 bridgehead atoms. The van der Waals surface area contributed by atoms with Crippen molar-refractivity contribution in [1.82, 2.24) is 4.90 Å². The lowest BCUT2D eigenvalue weighted by atomic mass is 9.96. The summed E-state index contributed by atoms with van der Waals surface area (Å²) in [6, 6.07) is 15.7. The zero-order valence-corrected chi connectivity index (χ0v) is 17.6. The van der Waals surface area contributed by atoms with Gasteiger partial charge in [-0.3, -0.25) is 9.69 Å². The number of halogens is 2. The van der Waals surface area contributed by atoms with Crippen molar-refractivity contribution in [3.8, 4) is 6.07 Å². The SMILES string of the molecule is N#CC1(c2ccc(NC(=O)[C@@H]3CCCN(Cc4ccc(Cl)cc4Cl)C3)cc2)CC1.